The first-order chi connectivity index (χ1) is 14.5. The number of ether oxygens (including phenoxy) is 2. The van der Waals surface area contributed by atoms with Crippen LogP contribution in [-0.4, -0.2) is 68.3 Å². The fourth-order valence-electron chi connectivity index (χ4n) is 5.29. The number of benzene rings is 1. The van der Waals surface area contributed by atoms with Crippen molar-refractivity contribution in [3.63, 3.8) is 0 Å². The smallest absolute Gasteiger partial charge is 0.231 e. The molecular formula is C22H26FN3O4. The van der Waals surface area contributed by atoms with Crippen molar-refractivity contribution in [3.8, 4) is 0 Å². The minimum Gasteiger partial charge on any atom is -0.383 e. The summed E-state index contributed by atoms with van der Waals surface area (Å²) in [6.07, 6.45) is 5.48. The van der Waals surface area contributed by atoms with Crippen LogP contribution in [0.4, 0.5) is 15.8 Å². The van der Waals surface area contributed by atoms with Crippen LogP contribution < -0.4 is 10.2 Å². The summed E-state index contributed by atoms with van der Waals surface area (Å²) in [6, 6.07) is 4.78. The topological polar surface area (TPSA) is 71.1 Å². The molecular weight excluding hydrogens is 389 g/mol. The Labute approximate surface area is 174 Å². The molecule has 4 aliphatic rings. The molecule has 2 bridgehead atoms. The third kappa shape index (κ3) is 3.01. The summed E-state index contributed by atoms with van der Waals surface area (Å²) in [5.74, 6) is -1.94. The molecule has 3 saturated heterocycles. The Bertz CT molecular complexity index is 900. The van der Waals surface area contributed by atoms with Crippen molar-refractivity contribution < 1.29 is 23.5 Å². The summed E-state index contributed by atoms with van der Waals surface area (Å²) >= 11 is 0. The number of carbonyl (C=O) groups excluding carboxylic acids is 2. The van der Waals surface area contributed by atoms with Gasteiger partial charge in [0.2, 0.25) is 11.8 Å². The third-order valence-corrected chi connectivity index (χ3v) is 6.71. The Balaban J connectivity index is 1.32. The molecule has 1 aromatic carbocycles. The van der Waals surface area contributed by atoms with Crippen LogP contribution in [0.2, 0.25) is 0 Å². The Morgan fingerprint density at radius 2 is 2.17 bits per heavy atom. The average molecular weight is 415 g/mol. The summed E-state index contributed by atoms with van der Waals surface area (Å²) in [4.78, 5) is 29.8. The second-order valence-electron chi connectivity index (χ2n) is 8.50. The van der Waals surface area contributed by atoms with Gasteiger partial charge in [0.1, 0.15) is 11.4 Å². The lowest BCUT2D eigenvalue weighted by molar-refractivity contribution is -0.136. The number of likely N-dealkylation sites (tertiary alicyclic amines) is 1. The number of carbonyl (C=O) groups is 2. The van der Waals surface area contributed by atoms with Crippen LogP contribution in [0.3, 0.4) is 0 Å². The molecule has 0 unspecified atom stereocenters. The number of hydrogen-bond donors (Lipinski definition) is 1. The number of nitrogens with one attached hydrogen (secondary N) is 1. The molecule has 0 saturated carbocycles. The van der Waals surface area contributed by atoms with Gasteiger partial charge in [-0.15, -0.1) is 0 Å². The number of amides is 2. The lowest BCUT2D eigenvalue weighted by Crippen LogP contribution is -2.41. The van der Waals surface area contributed by atoms with Gasteiger partial charge < -0.3 is 24.6 Å². The minimum atomic E-state index is -0.748. The Kier molecular flexibility index (Phi) is 4.78. The molecule has 30 heavy (non-hydrogen) atoms. The summed E-state index contributed by atoms with van der Waals surface area (Å²) in [5.41, 5.74) is 0.209. The normalized spacial score (nSPS) is 31.7. The average Bonchev–Trinajstić information content (AvgIpc) is 3.49. The molecule has 160 valence electrons. The summed E-state index contributed by atoms with van der Waals surface area (Å²) in [5, 5.41) is 2.81. The van der Waals surface area contributed by atoms with Crippen molar-refractivity contribution in [2.75, 3.05) is 50.1 Å². The molecule has 4 aliphatic heterocycles. The van der Waals surface area contributed by atoms with Crippen LogP contribution in [-0.2, 0) is 19.1 Å². The second kappa shape index (κ2) is 7.35. The van der Waals surface area contributed by atoms with Gasteiger partial charge in [0.25, 0.3) is 0 Å². The SMILES string of the molecule is COCCN1C[C@@]23C=C[C@@H](O2)[C@@H](C(=O)Nc2ccc(N4CCCC4)c(F)c2)[C@@H]3C1=O. The monoisotopic (exact) mass is 415 g/mol. The zero-order chi connectivity index (χ0) is 20.9. The van der Waals surface area contributed by atoms with Crippen LogP contribution in [0.25, 0.3) is 0 Å². The first-order valence-electron chi connectivity index (χ1n) is 10.5. The number of rotatable bonds is 6. The van der Waals surface area contributed by atoms with Gasteiger partial charge in [-0.3, -0.25) is 9.59 Å². The molecule has 0 aliphatic carbocycles. The summed E-state index contributed by atoms with van der Waals surface area (Å²) in [6.45, 7) is 3.02. The largest absolute Gasteiger partial charge is 0.383 e. The van der Waals surface area contributed by atoms with Crippen LogP contribution in [0.15, 0.2) is 30.4 Å². The van der Waals surface area contributed by atoms with Gasteiger partial charge in [-0.05, 0) is 31.0 Å². The Morgan fingerprint density at radius 1 is 1.37 bits per heavy atom. The molecule has 1 spiro atoms. The maximum Gasteiger partial charge on any atom is 0.231 e. The van der Waals surface area contributed by atoms with Crippen molar-refractivity contribution in [2.45, 2.75) is 24.5 Å². The lowest BCUT2D eigenvalue weighted by Gasteiger charge is -2.24. The predicted molar refractivity (Wildman–Crippen MR) is 109 cm³/mol. The van der Waals surface area contributed by atoms with E-state index in [-0.39, 0.29) is 17.6 Å². The highest BCUT2D eigenvalue weighted by Crippen LogP contribution is 2.52. The third-order valence-electron chi connectivity index (χ3n) is 6.71. The number of nitrogens with zero attached hydrogens (tertiary/aromatic N) is 2. The molecule has 4 atom stereocenters. The summed E-state index contributed by atoms with van der Waals surface area (Å²) in [7, 11) is 1.59. The summed E-state index contributed by atoms with van der Waals surface area (Å²) < 4.78 is 25.8. The predicted octanol–water partition coefficient (Wildman–Crippen LogP) is 1.79. The van der Waals surface area contributed by atoms with Gasteiger partial charge in [0, 0.05) is 32.4 Å². The first kappa shape index (κ1) is 19.5. The van der Waals surface area contributed by atoms with Gasteiger partial charge in [-0.25, -0.2) is 4.39 Å². The van der Waals surface area contributed by atoms with Crippen molar-refractivity contribution in [3.05, 3.63) is 36.2 Å². The van der Waals surface area contributed by atoms with E-state index >= 15 is 0 Å². The van der Waals surface area contributed by atoms with Crippen LogP contribution in [0.5, 0.6) is 0 Å². The molecule has 4 heterocycles. The van der Waals surface area contributed by atoms with Crippen LogP contribution in [0.1, 0.15) is 12.8 Å². The molecule has 0 radical (unpaired) electrons. The van der Waals surface area contributed by atoms with Gasteiger partial charge in [0.05, 0.1) is 36.8 Å². The van der Waals surface area contributed by atoms with E-state index in [0.29, 0.717) is 31.1 Å². The Morgan fingerprint density at radius 3 is 2.90 bits per heavy atom. The van der Waals surface area contributed by atoms with Crippen LogP contribution in [0, 0.1) is 17.7 Å². The van der Waals surface area contributed by atoms with Gasteiger partial charge in [-0.1, -0.05) is 12.2 Å². The van der Waals surface area contributed by atoms with Crippen molar-refractivity contribution in [2.24, 2.45) is 11.8 Å². The van der Waals surface area contributed by atoms with Crippen molar-refractivity contribution >= 4 is 23.2 Å². The Hall–Kier alpha value is -2.45. The minimum absolute atomic E-state index is 0.0883. The zero-order valence-electron chi connectivity index (χ0n) is 17.0. The van der Waals surface area contributed by atoms with E-state index in [1.807, 2.05) is 17.1 Å². The van der Waals surface area contributed by atoms with E-state index in [9.17, 15) is 14.0 Å². The zero-order valence-corrected chi connectivity index (χ0v) is 17.0. The van der Waals surface area contributed by atoms with Crippen molar-refractivity contribution in [1.29, 1.82) is 0 Å². The number of halogens is 1. The highest BCUT2D eigenvalue weighted by molar-refractivity contribution is 5.99. The molecule has 1 N–H and O–H groups in total. The van der Waals surface area contributed by atoms with E-state index in [4.69, 9.17) is 9.47 Å². The first-order valence-corrected chi connectivity index (χ1v) is 10.5. The van der Waals surface area contributed by atoms with E-state index in [1.54, 1.807) is 24.1 Å². The number of methoxy groups -OCH3 is 1. The quantitative estimate of drug-likeness (QED) is 0.718. The fourth-order valence-corrected chi connectivity index (χ4v) is 5.29. The van der Waals surface area contributed by atoms with E-state index in [0.717, 1.165) is 25.9 Å². The lowest BCUT2D eigenvalue weighted by atomic mass is 9.77. The van der Waals surface area contributed by atoms with E-state index < -0.39 is 23.5 Å². The maximum atomic E-state index is 14.6. The standard InChI is InChI=1S/C22H26FN3O4/c1-29-11-10-26-13-22-7-6-17(30-22)18(19(22)21(26)28)20(27)24-14-4-5-16(15(23)12-14)25-8-2-3-9-25/h4-7,12,17-19H,2-3,8-11,13H2,1H3,(H,24,27)/t17-,18-,19-,22-/m1/s1. The highest BCUT2D eigenvalue weighted by atomic mass is 19.1. The molecule has 3 fully saturated rings. The van der Waals surface area contributed by atoms with E-state index in [2.05, 4.69) is 5.32 Å². The van der Waals surface area contributed by atoms with E-state index in [1.165, 1.54) is 6.07 Å². The second-order valence-corrected chi connectivity index (χ2v) is 8.50. The van der Waals surface area contributed by atoms with Crippen LogP contribution >= 0.6 is 0 Å². The molecule has 8 heteroatoms. The van der Waals surface area contributed by atoms with Crippen molar-refractivity contribution in [1.82, 2.24) is 4.90 Å². The molecule has 7 nitrogen and oxygen atoms in total. The molecule has 1 aromatic rings. The molecule has 5 rings (SSSR count). The highest BCUT2D eigenvalue weighted by Gasteiger charge is 2.66. The fraction of sp³-hybridized carbons (Fsp3) is 0.545. The number of fused-ring (bicyclic) bond motifs is 1. The number of hydrogen-bond acceptors (Lipinski definition) is 5. The van der Waals surface area contributed by atoms with Gasteiger partial charge >= 0.3 is 0 Å². The van der Waals surface area contributed by atoms with Gasteiger partial charge in [0.15, 0.2) is 0 Å². The molecule has 2 amide bonds. The molecule has 0 aromatic heterocycles. The van der Waals surface area contributed by atoms with Gasteiger partial charge in [-0.2, -0.15) is 0 Å². The maximum absolute atomic E-state index is 14.6. The number of anilines is 2.